The van der Waals surface area contributed by atoms with Crippen LogP contribution in [0.3, 0.4) is 0 Å². The summed E-state index contributed by atoms with van der Waals surface area (Å²) in [5, 5.41) is 6.02. The predicted octanol–water partition coefficient (Wildman–Crippen LogP) is 5.31. The highest BCUT2D eigenvalue weighted by Crippen LogP contribution is 2.32. The van der Waals surface area contributed by atoms with Crippen molar-refractivity contribution in [3.05, 3.63) is 78.9 Å². The van der Waals surface area contributed by atoms with Crippen molar-refractivity contribution in [2.24, 2.45) is 9.81 Å². The molecule has 7 heteroatoms. The van der Waals surface area contributed by atoms with E-state index in [1.165, 1.54) is 6.07 Å². The monoisotopic (exact) mass is 447 g/mol. The van der Waals surface area contributed by atoms with Crippen molar-refractivity contribution in [3.63, 3.8) is 0 Å². The van der Waals surface area contributed by atoms with Crippen molar-refractivity contribution < 1.29 is 13.2 Å². The first-order valence-electron chi connectivity index (χ1n) is 10.4. The van der Waals surface area contributed by atoms with Crippen LogP contribution in [0, 0.1) is 5.41 Å². The van der Waals surface area contributed by atoms with Crippen LogP contribution in [-0.2, 0) is 14.8 Å². The average molecular weight is 448 g/mol. The van der Waals surface area contributed by atoms with Gasteiger partial charge in [0.05, 0.1) is 5.69 Å². The number of amides is 1. The number of hydrogen-bond acceptors (Lipinski definition) is 4. The van der Waals surface area contributed by atoms with Gasteiger partial charge in [0.2, 0.25) is 5.91 Å². The summed E-state index contributed by atoms with van der Waals surface area (Å²) >= 11 is 0. The molecule has 1 heterocycles. The lowest BCUT2D eigenvalue weighted by Gasteiger charge is -2.27. The van der Waals surface area contributed by atoms with Gasteiger partial charge in [0.1, 0.15) is 10.7 Å². The van der Waals surface area contributed by atoms with Gasteiger partial charge >= 0.3 is 0 Å². The van der Waals surface area contributed by atoms with E-state index in [9.17, 15) is 13.2 Å². The van der Waals surface area contributed by atoms with Gasteiger partial charge in [-0.15, -0.1) is 4.40 Å². The lowest BCUT2D eigenvalue weighted by molar-refractivity contribution is -0.117. The summed E-state index contributed by atoms with van der Waals surface area (Å²) < 4.78 is 28.8. The first kappa shape index (κ1) is 21.8. The molecule has 164 valence electrons. The van der Waals surface area contributed by atoms with Crippen LogP contribution in [0.25, 0.3) is 11.1 Å². The summed E-state index contributed by atoms with van der Waals surface area (Å²) in [6, 6.07) is 24.4. The van der Waals surface area contributed by atoms with Gasteiger partial charge in [-0.2, -0.15) is 8.42 Å². The normalized spacial score (nSPS) is 14.6. The van der Waals surface area contributed by atoms with E-state index in [4.69, 9.17) is 0 Å². The zero-order chi connectivity index (χ0) is 22.8. The fraction of sp³-hybridized carbons (Fsp3) is 0.200. The highest BCUT2D eigenvalue weighted by Gasteiger charge is 2.30. The minimum Gasteiger partial charge on any atom is -0.342 e. The largest absolute Gasteiger partial charge is 0.342 e. The maximum atomic E-state index is 12.7. The van der Waals surface area contributed by atoms with Crippen molar-refractivity contribution >= 4 is 33.1 Å². The number of sulfonamides is 1. The molecule has 3 aromatic carbocycles. The maximum absolute atomic E-state index is 12.7. The minimum atomic E-state index is -3.74. The highest BCUT2D eigenvalue weighted by molar-refractivity contribution is 7.90. The van der Waals surface area contributed by atoms with Gasteiger partial charge in [-0.1, -0.05) is 68.4 Å². The van der Waals surface area contributed by atoms with Gasteiger partial charge in [-0.05, 0) is 40.8 Å². The maximum Gasteiger partial charge on any atom is 0.286 e. The Morgan fingerprint density at radius 3 is 2.25 bits per heavy atom. The Morgan fingerprint density at radius 2 is 1.53 bits per heavy atom. The fourth-order valence-corrected chi connectivity index (χ4v) is 4.92. The van der Waals surface area contributed by atoms with Crippen molar-refractivity contribution in [2.45, 2.75) is 31.6 Å². The van der Waals surface area contributed by atoms with Crippen molar-refractivity contribution in [2.75, 3.05) is 10.6 Å². The number of nitrogens with zero attached hydrogens (tertiary/aromatic N) is 1. The van der Waals surface area contributed by atoms with Gasteiger partial charge in [-0.25, -0.2) is 0 Å². The first-order valence-corrected chi connectivity index (χ1v) is 11.8. The predicted molar refractivity (Wildman–Crippen MR) is 128 cm³/mol. The van der Waals surface area contributed by atoms with Crippen LogP contribution in [0.4, 0.5) is 11.4 Å². The molecule has 4 rings (SSSR count). The molecule has 1 amide bonds. The number of hydrogen-bond donors (Lipinski definition) is 2. The molecule has 0 aromatic heterocycles. The quantitative estimate of drug-likeness (QED) is 0.536. The zero-order valence-electron chi connectivity index (χ0n) is 18.0. The summed E-state index contributed by atoms with van der Waals surface area (Å²) in [6.07, 6.45) is 0.538. The molecule has 6 nitrogen and oxygen atoms in total. The molecule has 3 aromatic rings. The van der Waals surface area contributed by atoms with E-state index in [2.05, 4.69) is 15.0 Å². The van der Waals surface area contributed by atoms with Gasteiger partial charge in [0, 0.05) is 18.5 Å². The minimum absolute atomic E-state index is 0.137. The first-order chi connectivity index (χ1) is 15.2. The van der Waals surface area contributed by atoms with Crippen LogP contribution in [0.2, 0.25) is 0 Å². The Hall–Kier alpha value is -3.45. The summed E-state index contributed by atoms with van der Waals surface area (Å²) in [7, 11) is -3.74. The van der Waals surface area contributed by atoms with Gasteiger partial charge in [-0.3, -0.25) is 4.79 Å². The molecule has 32 heavy (non-hydrogen) atoms. The van der Waals surface area contributed by atoms with Gasteiger partial charge in [0.25, 0.3) is 10.0 Å². The average Bonchev–Trinajstić information content (AvgIpc) is 2.73. The molecule has 0 fully saturated rings. The Bertz CT molecular complexity index is 1270. The molecule has 0 saturated carbocycles. The van der Waals surface area contributed by atoms with Crippen LogP contribution in [0.1, 0.15) is 26.7 Å². The molecule has 0 spiro atoms. The number of fused-ring (bicyclic) bond motifs is 1. The Labute approximate surface area is 188 Å². The topological polar surface area (TPSA) is 87.6 Å². The van der Waals surface area contributed by atoms with Crippen LogP contribution < -0.4 is 10.6 Å². The third kappa shape index (κ3) is 5.06. The summed E-state index contributed by atoms with van der Waals surface area (Å²) in [5.74, 6) is 0.204. The molecule has 0 saturated heterocycles. The van der Waals surface area contributed by atoms with Crippen molar-refractivity contribution in [3.8, 4) is 11.1 Å². The van der Waals surface area contributed by atoms with E-state index >= 15 is 0 Å². The Balaban J connectivity index is 1.39. The molecule has 2 N–H and O–H groups in total. The molecule has 0 atom stereocenters. The molecule has 0 bridgehead atoms. The number of nitrogens with one attached hydrogen (secondary N) is 2. The summed E-state index contributed by atoms with van der Waals surface area (Å²) in [6.45, 7) is 3.84. The molecule has 0 unspecified atom stereocenters. The number of benzene rings is 3. The molecular formula is C25H25N3O3S. The smallest absolute Gasteiger partial charge is 0.286 e. The molecule has 0 aliphatic carbocycles. The Morgan fingerprint density at radius 1 is 0.906 bits per heavy atom. The van der Waals surface area contributed by atoms with E-state index < -0.39 is 15.4 Å². The third-order valence-electron chi connectivity index (χ3n) is 5.24. The third-order valence-corrected chi connectivity index (χ3v) is 6.61. The van der Waals surface area contributed by atoms with Crippen LogP contribution in [-0.4, -0.2) is 20.2 Å². The molecule has 0 radical (unpaired) electrons. The lowest BCUT2D eigenvalue weighted by Crippen LogP contribution is -2.30. The highest BCUT2D eigenvalue weighted by atomic mass is 32.2. The lowest BCUT2D eigenvalue weighted by atomic mass is 9.84. The van der Waals surface area contributed by atoms with E-state index in [-0.39, 0.29) is 17.2 Å². The van der Waals surface area contributed by atoms with Gasteiger partial charge in [0.15, 0.2) is 0 Å². The number of amidine groups is 1. The van der Waals surface area contributed by atoms with E-state index in [1.54, 1.807) is 18.2 Å². The van der Waals surface area contributed by atoms with Crippen molar-refractivity contribution in [1.82, 2.24) is 0 Å². The van der Waals surface area contributed by atoms with Gasteiger partial charge < -0.3 is 10.6 Å². The second-order valence-corrected chi connectivity index (χ2v) is 10.2. The number of rotatable bonds is 6. The SMILES string of the molecule is CC(C)(CC(=O)Nc1ccc(-c2ccccc2)cc1)CC1=NS(=O)(=O)c2ccccc2N1. The number of carbonyl (C=O) groups is 1. The van der Waals surface area contributed by atoms with E-state index in [0.29, 0.717) is 17.9 Å². The number of para-hydroxylation sites is 1. The summed E-state index contributed by atoms with van der Waals surface area (Å²) in [5.41, 5.74) is 2.92. The van der Waals surface area contributed by atoms with Crippen LogP contribution in [0.5, 0.6) is 0 Å². The number of anilines is 2. The molecule has 1 aliphatic heterocycles. The van der Waals surface area contributed by atoms with Crippen LogP contribution >= 0.6 is 0 Å². The zero-order valence-corrected chi connectivity index (χ0v) is 18.8. The Kier molecular flexibility index (Phi) is 5.84. The standard InChI is InChI=1S/C25H25N3O3S/c1-25(2,16-23-27-21-10-6-7-11-22(21)32(30,31)28-23)17-24(29)26-20-14-12-19(13-15-20)18-8-4-3-5-9-18/h3-15H,16-17H2,1-2H3,(H,26,29)(H,27,28). The summed E-state index contributed by atoms with van der Waals surface area (Å²) in [4.78, 5) is 12.8. The number of carbonyl (C=O) groups excluding carboxylic acids is 1. The van der Waals surface area contributed by atoms with E-state index in [0.717, 1.165) is 16.8 Å². The molecule has 1 aliphatic rings. The fourth-order valence-electron chi connectivity index (χ4n) is 3.78. The van der Waals surface area contributed by atoms with Crippen LogP contribution in [0.15, 0.2) is 88.2 Å². The second kappa shape index (κ2) is 8.59. The second-order valence-electron chi connectivity index (χ2n) is 8.64. The molecular weight excluding hydrogens is 422 g/mol. The van der Waals surface area contributed by atoms with E-state index in [1.807, 2.05) is 68.4 Å². The van der Waals surface area contributed by atoms with Crippen molar-refractivity contribution in [1.29, 1.82) is 0 Å².